The first-order valence-electron chi connectivity index (χ1n) is 3.86. The first kappa shape index (κ1) is 8.20. The van der Waals surface area contributed by atoms with Gasteiger partial charge in [-0.25, -0.2) is 4.68 Å². The maximum atomic E-state index is 5.55. The van der Waals surface area contributed by atoms with E-state index in [0.717, 1.165) is 12.1 Å². The Morgan fingerprint density at radius 1 is 1.73 bits per heavy atom. The van der Waals surface area contributed by atoms with Crippen molar-refractivity contribution in [2.45, 2.75) is 26.3 Å². The van der Waals surface area contributed by atoms with Crippen LogP contribution in [0.2, 0.25) is 0 Å². The molecule has 1 rings (SSSR count). The van der Waals surface area contributed by atoms with Gasteiger partial charge in [-0.05, 0) is 13.3 Å². The molecule has 1 heterocycles. The maximum absolute atomic E-state index is 5.55. The highest BCUT2D eigenvalue weighted by Crippen LogP contribution is 2.08. The Bertz CT molecular complexity index is 214. The topological polar surface area (TPSA) is 56.7 Å². The molecule has 0 aromatic carbocycles. The molecule has 0 saturated heterocycles. The van der Waals surface area contributed by atoms with Crippen molar-refractivity contribution in [2.75, 3.05) is 6.54 Å². The molecule has 0 aliphatic rings. The van der Waals surface area contributed by atoms with Crippen LogP contribution >= 0.6 is 0 Å². The Hall–Kier alpha value is -0.900. The van der Waals surface area contributed by atoms with Crippen LogP contribution in [0.15, 0.2) is 6.20 Å². The molecule has 0 spiro atoms. The summed E-state index contributed by atoms with van der Waals surface area (Å²) in [5, 5.41) is 7.74. The van der Waals surface area contributed by atoms with Gasteiger partial charge < -0.3 is 5.73 Å². The molecule has 0 aliphatic heterocycles. The van der Waals surface area contributed by atoms with Crippen LogP contribution < -0.4 is 5.73 Å². The fraction of sp³-hybridized carbons (Fsp3) is 0.714. The van der Waals surface area contributed by atoms with E-state index in [0.29, 0.717) is 12.6 Å². The zero-order valence-electron chi connectivity index (χ0n) is 6.99. The first-order chi connectivity index (χ1) is 5.29. The molecule has 1 aromatic rings. The zero-order valence-corrected chi connectivity index (χ0v) is 6.99. The lowest BCUT2D eigenvalue weighted by Crippen LogP contribution is -2.20. The highest BCUT2D eigenvalue weighted by atomic mass is 15.4. The van der Waals surface area contributed by atoms with Crippen molar-refractivity contribution in [1.29, 1.82) is 0 Å². The quantitative estimate of drug-likeness (QED) is 0.689. The molecular formula is C7H14N4. The molecule has 0 aliphatic carbocycles. The van der Waals surface area contributed by atoms with E-state index >= 15 is 0 Å². The molecule has 0 amide bonds. The molecule has 4 heteroatoms. The molecule has 1 aromatic heterocycles. The number of hydrogen-bond donors (Lipinski definition) is 1. The molecule has 0 bridgehead atoms. The lowest BCUT2D eigenvalue weighted by atomic mass is 10.2. The summed E-state index contributed by atoms with van der Waals surface area (Å²) in [7, 11) is 0. The molecule has 11 heavy (non-hydrogen) atoms. The van der Waals surface area contributed by atoms with Crippen LogP contribution in [0.4, 0.5) is 0 Å². The van der Waals surface area contributed by atoms with Gasteiger partial charge in [-0.3, -0.25) is 0 Å². The predicted molar refractivity (Wildman–Crippen MR) is 43.1 cm³/mol. The summed E-state index contributed by atoms with van der Waals surface area (Å²) in [4.78, 5) is 0. The fourth-order valence-electron chi connectivity index (χ4n) is 1.10. The van der Waals surface area contributed by atoms with Crippen molar-refractivity contribution in [3.05, 3.63) is 11.9 Å². The average Bonchev–Trinajstić information content (AvgIpc) is 2.40. The Balaban J connectivity index is 2.81. The van der Waals surface area contributed by atoms with Crippen LogP contribution in [0.25, 0.3) is 0 Å². The summed E-state index contributed by atoms with van der Waals surface area (Å²) < 4.78 is 1.88. The van der Waals surface area contributed by atoms with E-state index in [-0.39, 0.29) is 0 Å². The maximum Gasteiger partial charge on any atom is 0.0722 e. The van der Waals surface area contributed by atoms with Gasteiger partial charge in [0.05, 0.1) is 17.9 Å². The second-order valence-corrected chi connectivity index (χ2v) is 2.62. The van der Waals surface area contributed by atoms with Gasteiger partial charge in [-0.1, -0.05) is 12.1 Å². The third-order valence-electron chi connectivity index (χ3n) is 1.84. The number of hydrogen-bond acceptors (Lipinski definition) is 3. The van der Waals surface area contributed by atoms with E-state index < -0.39 is 0 Å². The minimum Gasteiger partial charge on any atom is -0.328 e. The van der Waals surface area contributed by atoms with Crippen LogP contribution in [-0.2, 0) is 0 Å². The van der Waals surface area contributed by atoms with Gasteiger partial charge in [0.2, 0.25) is 0 Å². The number of nitrogens with two attached hydrogens (primary N) is 1. The Morgan fingerprint density at radius 3 is 2.82 bits per heavy atom. The summed E-state index contributed by atoms with van der Waals surface area (Å²) in [5.41, 5.74) is 6.63. The van der Waals surface area contributed by atoms with Gasteiger partial charge >= 0.3 is 0 Å². The highest BCUT2D eigenvalue weighted by Gasteiger charge is 2.08. The van der Waals surface area contributed by atoms with Crippen LogP contribution in [0.3, 0.4) is 0 Å². The average molecular weight is 154 g/mol. The second-order valence-electron chi connectivity index (χ2n) is 2.62. The van der Waals surface area contributed by atoms with E-state index in [9.17, 15) is 0 Å². The molecule has 0 fully saturated rings. The van der Waals surface area contributed by atoms with Crippen molar-refractivity contribution in [2.24, 2.45) is 5.73 Å². The Labute approximate surface area is 66.4 Å². The van der Waals surface area contributed by atoms with Crippen molar-refractivity contribution in [3.63, 3.8) is 0 Å². The van der Waals surface area contributed by atoms with Gasteiger partial charge in [0.25, 0.3) is 0 Å². The molecular weight excluding hydrogens is 140 g/mol. The summed E-state index contributed by atoms with van der Waals surface area (Å²) in [5.74, 6) is 0. The predicted octanol–water partition coefficient (Wildman–Crippen LogP) is 0.496. The van der Waals surface area contributed by atoms with Gasteiger partial charge in [-0.2, -0.15) is 0 Å². The monoisotopic (exact) mass is 154 g/mol. The smallest absolute Gasteiger partial charge is 0.0722 e. The Morgan fingerprint density at radius 2 is 2.45 bits per heavy atom. The molecule has 1 unspecified atom stereocenters. The van der Waals surface area contributed by atoms with Crippen molar-refractivity contribution in [3.8, 4) is 0 Å². The molecule has 2 N–H and O–H groups in total. The largest absolute Gasteiger partial charge is 0.328 e. The molecule has 4 nitrogen and oxygen atoms in total. The molecule has 62 valence electrons. The zero-order chi connectivity index (χ0) is 8.27. The van der Waals surface area contributed by atoms with E-state index in [1.807, 2.05) is 11.6 Å². The number of nitrogens with zero attached hydrogens (tertiary/aromatic N) is 3. The van der Waals surface area contributed by atoms with Crippen LogP contribution in [0.5, 0.6) is 0 Å². The summed E-state index contributed by atoms with van der Waals surface area (Å²) in [6, 6.07) is 0.303. The van der Waals surface area contributed by atoms with Crippen LogP contribution in [-0.4, -0.2) is 21.5 Å². The van der Waals surface area contributed by atoms with Crippen LogP contribution in [0, 0.1) is 6.92 Å². The third-order valence-corrected chi connectivity index (χ3v) is 1.84. The van der Waals surface area contributed by atoms with E-state index in [4.69, 9.17) is 5.73 Å². The van der Waals surface area contributed by atoms with Crippen molar-refractivity contribution < 1.29 is 0 Å². The summed E-state index contributed by atoms with van der Waals surface area (Å²) >= 11 is 0. The van der Waals surface area contributed by atoms with Crippen molar-refractivity contribution >= 4 is 0 Å². The van der Waals surface area contributed by atoms with Gasteiger partial charge in [0, 0.05) is 6.54 Å². The standard InChI is InChI=1S/C7H14N4/c1-3-7(4-8)11-6(2)5-9-10-11/h5,7H,3-4,8H2,1-2H3. The van der Waals surface area contributed by atoms with E-state index in [1.54, 1.807) is 6.20 Å². The fourth-order valence-corrected chi connectivity index (χ4v) is 1.10. The molecule has 1 atom stereocenters. The van der Waals surface area contributed by atoms with Gasteiger partial charge in [0.1, 0.15) is 0 Å². The minimum atomic E-state index is 0.303. The van der Waals surface area contributed by atoms with Gasteiger partial charge in [0.15, 0.2) is 0 Å². The lowest BCUT2D eigenvalue weighted by Gasteiger charge is -2.12. The summed E-state index contributed by atoms with van der Waals surface area (Å²) in [6.07, 6.45) is 2.75. The summed E-state index contributed by atoms with van der Waals surface area (Å²) in [6.45, 7) is 4.71. The highest BCUT2D eigenvalue weighted by molar-refractivity contribution is 4.91. The lowest BCUT2D eigenvalue weighted by molar-refractivity contribution is 0.430. The third kappa shape index (κ3) is 1.57. The van der Waals surface area contributed by atoms with Crippen molar-refractivity contribution in [1.82, 2.24) is 15.0 Å². The number of aromatic nitrogens is 3. The number of rotatable bonds is 3. The normalized spacial score (nSPS) is 13.4. The SMILES string of the molecule is CCC(CN)n1nncc1C. The van der Waals surface area contributed by atoms with Gasteiger partial charge in [-0.15, -0.1) is 5.10 Å². The van der Waals surface area contributed by atoms with E-state index in [2.05, 4.69) is 17.2 Å². The second kappa shape index (κ2) is 3.48. The number of aryl methyl sites for hydroxylation is 1. The first-order valence-corrected chi connectivity index (χ1v) is 3.86. The molecule has 0 radical (unpaired) electrons. The van der Waals surface area contributed by atoms with E-state index in [1.165, 1.54) is 0 Å². The Kier molecular flexibility index (Phi) is 2.59. The minimum absolute atomic E-state index is 0.303. The molecule has 0 saturated carbocycles. The van der Waals surface area contributed by atoms with Crippen LogP contribution in [0.1, 0.15) is 25.1 Å².